The van der Waals surface area contributed by atoms with Crippen LogP contribution >= 0.6 is 0 Å². The van der Waals surface area contributed by atoms with Crippen molar-refractivity contribution in [3.05, 3.63) is 30.3 Å². The molecule has 1 aromatic rings. The van der Waals surface area contributed by atoms with Gasteiger partial charge in [-0.1, -0.05) is 48.6 Å². The molecule has 5 heteroatoms. The number of esters is 2. The number of carbonyl (C=O) groups excluding carboxylic acids is 2. The van der Waals surface area contributed by atoms with E-state index in [4.69, 9.17) is 9.47 Å². The molecule has 0 saturated heterocycles. The highest BCUT2D eigenvalue weighted by Gasteiger charge is 2.72. The van der Waals surface area contributed by atoms with Crippen molar-refractivity contribution in [3.8, 4) is 0 Å². The molecular weight excluding hydrogens is 296 g/mol. The third-order valence-corrected chi connectivity index (χ3v) is 8.89. The molecule has 0 bridgehead atoms. The molecule has 22 heavy (non-hydrogen) atoms. The van der Waals surface area contributed by atoms with Crippen LogP contribution in [0.15, 0.2) is 30.3 Å². The van der Waals surface area contributed by atoms with Crippen LogP contribution in [0.5, 0.6) is 0 Å². The number of hydrogen-bond acceptors (Lipinski definition) is 4. The van der Waals surface area contributed by atoms with Gasteiger partial charge in [0, 0.05) is 0 Å². The first-order valence-electron chi connectivity index (χ1n) is 7.81. The summed E-state index contributed by atoms with van der Waals surface area (Å²) in [7, 11) is -1.97. The highest BCUT2D eigenvalue weighted by atomic mass is 28.3. The molecule has 0 aliphatic heterocycles. The summed E-state index contributed by atoms with van der Waals surface area (Å²) in [6.45, 7) is 8.47. The second kappa shape index (κ2) is 6.24. The Bertz CT molecular complexity index is 535. The second-order valence-electron chi connectivity index (χ2n) is 6.26. The molecule has 1 aliphatic carbocycles. The van der Waals surface area contributed by atoms with Crippen molar-refractivity contribution < 1.29 is 19.1 Å². The van der Waals surface area contributed by atoms with Crippen LogP contribution in [0.3, 0.4) is 0 Å². The minimum absolute atomic E-state index is 0.0282. The summed E-state index contributed by atoms with van der Waals surface area (Å²) in [4.78, 5) is 24.9. The lowest BCUT2D eigenvalue weighted by atomic mass is 10.1. The Kier molecular flexibility index (Phi) is 4.75. The zero-order valence-electron chi connectivity index (χ0n) is 13.7. The molecular formula is C17H24O4Si. The van der Waals surface area contributed by atoms with Crippen LogP contribution in [0.4, 0.5) is 0 Å². The molecule has 1 aliphatic rings. The van der Waals surface area contributed by atoms with Crippen molar-refractivity contribution >= 4 is 25.2 Å². The van der Waals surface area contributed by atoms with Crippen molar-refractivity contribution in [2.75, 3.05) is 13.2 Å². The monoisotopic (exact) mass is 320 g/mol. The molecule has 1 saturated carbocycles. The fraction of sp³-hybridized carbons (Fsp3) is 0.529. The van der Waals surface area contributed by atoms with Gasteiger partial charge < -0.3 is 9.47 Å². The van der Waals surface area contributed by atoms with E-state index in [-0.39, 0.29) is 18.8 Å². The van der Waals surface area contributed by atoms with Crippen LogP contribution in [0.1, 0.15) is 20.3 Å². The summed E-state index contributed by atoms with van der Waals surface area (Å²) in [5.74, 6) is -0.843. The minimum Gasteiger partial charge on any atom is -0.465 e. The van der Waals surface area contributed by atoms with Gasteiger partial charge in [0.15, 0.2) is 5.41 Å². The van der Waals surface area contributed by atoms with E-state index in [1.807, 2.05) is 18.2 Å². The van der Waals surface area contributed by atoms with Crippen molar-refractivity contribution in [3.63, 3.8) is 0 Å². The molecule has 120 valence electrons. The maximum absolute atomic E-state index is 12.4. The first-order chi connectivity index (χ1) is 10.4. The van der Waals surface area contributed by atoms with Gasteiger partial charge in [-0.15, -0.1) is 0 Å². The third-order valence-electron chi connectivity index (χ3n) is 4.63. The number of carbonyl (C=O) groups is 2. The normalized spacial score (nSPS) is 19.4. The molecule has 1 atom stereocenters. The molecule has 1 fully saturated rings. The van der Waals surface area contributed by atoms with Crippen LogP contribution in [-0.4, -0.2) is 33.2 Å². The Balaban J connectivity index is 2.32. The van der Waals surface area contributed by atoms with Crippen LogP contribution in [-0.2, 0) is 19.1 Å². The molecule has 0 heterocycles. The van der Waals surface area contributed by atoms with Crippen LogP contribution in [0.2, 0.25) is 18.6 Å². The zero-order valence-corrected chi connectivity index (χ0v) is 14.7. The minimum atomic E-state index is -1.97. The van der Waals surface area contributed by atoms with E-state index in [0.29, 0.717) is 6.42 Å². The van der Waals surface area contributed by atoms with Crippen LogP contribution in [0.25, 0.3) is 0 Å². The quantitative estimate of drug-likeness (QED) is 0.459. The fourth-order valence-corrected chi connectivity index (χ4v) is 7.01. The Hall–Kier alpha value is -1.62. The predicted molar refractivity (Wildman–Crippen MR) is 87.6 cm³/mol. The standard InChI is InChI=1S/C17H24O4Si/c1-5-20-15(18)17(16(19)21-6-2)12-14(17)22(3,4)13-10-8-7-9-11-13/h7-11,14H,5-6,12H2,1-4H3. The zero-order chi connectivity index (χ0) is 16.4. The second-order valence-corrected chi connectivity index (χ2v) is 11.0. The molecule has 0 spiro atoms. The molecule has 1 aromatic carbocycles. The van der Waals surface area contributed by atoms with E-state index in [9.17, 15) is 9.59 Å². The van der Waals surface area contributed by atoms with E-state index >= 15 is 0 Å². The highest BCUT2D eigenvalue weighted by molar-refractivity contribution is 6.92. The number of benzene rings is 1. The van der Waals surface area contributed by atoms with Crippen molar-refractivity contribution in [1.82, 2.24) is 0 Å². The fourth-order valence-electron chi connectivity index (χ4n) is 3.26. The Labute approximate surface area is 132 Å². The molecule has 0 amide bonds. The Morgan fingerprint density at radius 1 is 1.09 bits per heavy atom. The Morgan fingerprint density at radius 2 is 1.59 bits per heavy atom. The van der Waals surface area contributed by atoms with Gasteiger partial charge in [0.1, 0.15) is 0 Å². The van der Waals surface area contributed by atoms with E-state index in [1.54, 1.807) is 13.8 Å². The predicted octanol–water partition coefficient (Wildman–Crippen LogP) is 2.49. The SMILES string of the molecule is CCOC(=O)C1(C(=O)OCC)CC1[Si](C)(C)c1ccccc1. The summed E-state index contributed by atoms with van der Waals surface area (Å²) in [6.07, 6.45) is 0.540. The molecule has 0 radical (unpaired) electrons. The lowest BCUT2D eigenvalue weighted by Gasteiger charge is -2.26. The third kappa shape index (κ3) is 2.69. The lowest BCUT2D eigenvalue weighted by Crippen LogP contribution is -2.46. The first-order valence-corrected chi connectivity index (χ1v) is 10.9. The molecule has 4 nitrogen and oxygen atoms in total. The average Bonchev–Trinajstić information content (AvgIpc) is 3.26. The van der Waals surface area contributed by atoms with Gasteiger partial charge >= 0.3 is 11.9 Å². The summed E-state index contributed by atoms with van der Waals surface area (Å²) in [5.41, 5.74) is -1.06. The van der Waals surface area contributed by atoms with Gasteiger partial charge in [0.05, 0.1) is 21.3 Å². The number of rotatable bonds is 6. The highest BCUT2D eigenvalue weighted by Crippen LogP contribution is 2.64. The molecule has 0 N–H and O–H groups in total. The smallest absolute Gasteiger partial charge is 0.323 e. The van der Waals surface area contributed by atoms with Crippen molar-refractivity contribution in [1.29, 1.82) is 0 Å². The average molecular weight is 320 g/mol. The maximum Gasteiger partial charge on any atom is 0.323 e. The summed E-state index contributed by atoms with van der Waals surface area (Å²) in [6, 6.07) is 10.2. The van der Waals surface area contributed by atoms with E-state index < -0.39 is 25.4 Å². The van der Waals surface area contributed by atoms with Gasteiger partial charge in [-0.05, 0) is 25.8 Å². The molecule has 1 unspecified atom stereocenters. The van der Waals surface area contributed by atoms with Crippen LogP contribution in [0, 0.1) is 5.41 Å². The number of hydrogen-bond donors (Lipinski definition) is 0. The van der Waals surface area contributed by atoms with E-state index in [0.717, 1.165) is 0 Å². The molecule has 0 aromatic heterocycles. The van der Waals surface area contributed by atoms with Gasteiger partial charge in [0.25, 0.3) is 0 Å². The van der Waals surface area contributed by atoms with Gasteiger partial charge in [0.2, 0.25) is 0 Å². The molecule has 2 rings (SSSR count). The maximum atomic E-state index is 12.4. The van der Waals surface area contributed by atoms with Crippen LogP contribution < -0.4 is 5.19 Å². The first kappa shape index (κ1) is 16.7. The van der Waals surface area contributed by atoms with E-state index in [2.05, 4.69) is 25.2 Å². The van der Waals surface area contributed by atoms with Gasteiger partial charge in [-0.3, -0.25) is 9.59 Å². The summed E-state index contributed by atoms with van der Waals surface area (Å²) < 4.78 is 10.4. The lowest BCUT2D eigenvalue weighted by molar-refractivity contribution is -0.164. The van der Waals surface area contributed by atoms with Gasteiger partial charge in [-0.2, -0.15) is 0 Å². The topological polar surface area (TPSA) is 52.6 Å². The van der Waals surface area contributed by atoms with Crippen molar-refractivity contribution in [2.24, 2.45) is 5.41 Å². The largest absolute Gasteiger partial charge is 0.465 e. The van der Waals surface area contributed by atoms with E-state index in [1.165, 1.54) is 5.19 Å². The number of ether oxygens (including phenoxy) is 2. The summed E-state index contributed by atoms with van der Waals surface area (Å²) >= 11 is 0. The van der Waals surface area contributed by atoms with Crippen molar-refractivity contribution in [2.45, 2.75) is 38.9 Å². The Morgan fingerprint density at radius 3 is 2.05 bits per heavy atom. The van der Waals surface area contributed by atoms with Gasteiger partial charge in [-0.25, -0.2) is 0 Å². The summed E-state index contributed by atoms with van der Waals surface area (Å²) in [5, 5.41) is 1.25.